The van der Waals surface area contributed by atoms with Crippen LogP contribution in [-0.2, 0) is 0 Å². The van der Waals surface area contributed by atoms with Crippen LogP contribution in [0.4, 0.5) is 0 Å². The van der Waals surface area contributed by atoms with Gasteiger partial charge in [-0.15, -0.1) is 0 Å². The average Bonchev–Trinajstić information content (AvgIpc) is 2.38. The zero-order valence-electron chi connectivity index (χ0n) is 12.9. The highest BCUT2D eigenvalue weighted by Gasteiger charge is 2.29. The topological polar surface area (TPSA) is 18.5 Å². The molecule has 1 aliphatic rings. The molecule has 1 heterocycles. The summed E-state index contributed by atoms with van der Waals surface area (Å²) in [6.45, 7) is 7.80. The van der Waals surface area contributed by atoms with Crippen molar-refractivity contribution in [3.05, 3.63) is 34.9 Å². The standard InChI is InChI=1S/C16H27N3/c1-12-6-7-14(10-13(12)2)16(17-3)15-11-18(4)8-9-19(15)5/h6-7,10,15-17H,8-9,11H2,1-5H3. The highest BCUT2D eigenvalue weighted by Crippen LogP contribution is 2.24. The van der Waals surface area contributed by atoms with Gasteiger partial charge in [0.2, 0.25) is 0 Å². The minimum absolute atomic E-state index is 0.395. The molecule has 0 aliphatic carbocycles. The van der Waals surface area contributed by atoms with E-state index in [1.54, 1.807) is 0 Å². The lowest BCUT2D eigenvalue weighted by atomic mass is 9.94. The molecule has 1 aromatic rings. The van der Waals surface area contributed by atoms with Gasteiger partial charge in [-0.3, -0.25) is 4.90 Å². The van der Waals surface area contributed by atoms with Crippen molar-refractivity contribution < 1.29 is 0 Å². The fourth-order valence-electron chi connectivity index (χ4n) is 2.94. The molecule has 1 saturated heterocycles. The lowest BCUT2D eigenvalue weighted by Gasteiger charge is -2.42. The van der Waals surface area contributed by atoms with Gasteiger partial charge in [-0.05, 0) is 51.7 Å². The molecule has 0 saturated carbocycles. The van der Waals surface area contributed by atoms with Crippen molar-refractivity contribution in [3.8, 4) is 0 Å². The number of rotatable bonds is 3. The quantitative estimate of drug-likeness (QED) is 0.895. The maximum atomic E-state index is 3.52. The molecule has 0 spiro atoms. The van der Waals surface area contributed by atoms with Crippen molar-refractivity contribution >= 4 is 0 Å². The molecule has 0 aromatic heterocycles. The lowest BCUT2D eigenvalue weighted by molar-refractivity contribution is 0.0897. The van der Waals surface area contributed by atoms with Crippen molar-refractivity contribution in [1.29, 1.82) is 0 Å². The van der Waals surface area contributed by atoms with Crippen LogP contribution in [0, 0.1) is 13.8 Å². The predicted molar refractivity (Wildman–Crippen MR) is 81.6 cm³/mol. The lowest BCUT2D eigenvalue weighted by Crippen LogP contribution is -2.54. The average molecular weight is 261 g/mol. The fraction of sp³-hybridized carbons (Fsp3) is 0.625. The Morgan fingerprint density at radius 1 is 1.16 bits per heavy atom. The van der Waals surface area contributed by atoms with E-state index in [4.69, 9.17) is 0 Å². The van der Waals surface area contributed by atoms with Crippen molar-refractivity contribution in [1.82, 2.24) is 15.1 Å². The summed E-state index contributed by atoms with van der Waals surface area (Å²) >= 11 is 0. The summed E-state index contributed by atoms with van der Waals surface area (Å²) in [5.74, 6) is 0. The number of aryl methyl sites for hydroxylation is 2. The normalized spacial score (nSPS) is 23.5. The predicted octanol–water partition coefficient (Wildman–Crippen LogP) is 1.81. The smallest absolute Gasteiger partial charge is 0.0488 e. The van der Waals surface area contributed by atoms with Crippen LogP contribution < -0.4 is 5.32 Å². The van der Waals surface area contributed by atoms with Crippen LogP contribution in [0.3, 0.4) is 0 Å². The van der Waals surface area contributed by atoms with Crippen LogP contribution in [0.5, 0.6) is 0 Å². The molecule has 3 nitrogen and oxygen atoms in total. The molecule has 1 fully saturated rings. The zero-order valence-corrected chi connectivity index (χ0v) is 12.9. The van der Waals surface area contributed by atoms with Crippen LogP contribution in [0.2, 0.25) is 0 Å². The Kier molecular flexibility index (Phi) is 4.61. The van der Waals surface area contributed by atoms with Crippen LogP contribution in [0.25, 0.3) is 0 Å². The summed E-state index contributed by atoms with van der Waals surface area (Å²) < 4.78 is 0. The molecule has 3 heteroatoms. The molecule has 2 unspecified atom stereocenters. The highest BCUT2D eigenvalue weighted by molar-refractivity contribution is 5.32. The van der Waals surface area contributed by atoms with E-state index in [0.29, 0.717) is 12.1 Å². The second kappa shape index (κ2) is 6.04. The third kappa shape index (κ3) is 3.16. The van der Waals surface area contributed by atoms with Gasteiger partial charge in [0, 0.05) is 31.7 Å². The second-order valence-electron chi connectivity index (χ2n) is 5.92. The van der Waals surface area contributed by atoms with Gasteiger partial charge in [-0.25, -0.2) is 0 Å². The van der Waals surface area contributed by atoms with Crippen molar-refractivity contribution in [2.24, 2.45) is 0 Å². The van der Waals surface area contributed by atoms with E-state index >= 15 is 0 Å². The first-order valence-electron chi connectivity index (χ1n) is 7.16. The van der Waals surface area contributed by atoms with Gasteiger partial charge >= 0.3 is 0 Å². The SMILES string of the molecule is CNC(c1ccc(C)c(C)c1)C1CN(C)CCN1C. The van der Waals surface area contributed by atoms with E-state index in [1.807, 2.05) is 0 Å². The molecule has 1 aliphatic heterocycles. The maximum absolute atomic E-state index is 3.52. The molecule has 1 N–H and O–H groups in total. The first-order chi connectivity index (χ1) is 9.02. The zero-order chi connectivity index (χ0) is 14.0. The van der Waals surface area contributed by atoms with Crippen molar-refractivity contribution in [3.63, 3.8) is 0 Å². The fourth-order valence-corrected chi connectivity index (χ4v) is 2.94. The molecule has 0 amide bonds. The van der Waals surface area contributed by atoms with Crippen LogP contribution in [0.1, 0.15) is 22.7 Å². The Labute approximate surface area is 117 Å². The van der Waals surface area contributed by atoms with E-state index in [-0.39, 0.29) is 0 Å². The third-order valence-electron chi connectivity index (χ3n) is 4.49. The number of hydrogen-bond acceptors (Lipinski definition) is 3. The number of nitrogens with one attached hydrogen (secondary N) is 1. The molecule has 2 atom stereocenters. The number of hydrogen-bond donors (Lipinski definition) is 1. The van der Waals surface area contributed by atoms with Crippen LogP contribution >= 0.6 is 0 Å². The molecule has 1 aromatic carbocycles. The Balaban J connectivity index is 2.25. The number of piperazine rings is 1. The van der Waals surface area contributed by atoms with Gasteiger partial charge in [0.25, 0.3) is 0 Å². The summed E-state index contributed by atoms with van der Waals surface area (Å²) in [7, 11) is 6.53. The summed E-state index contributed by atoms with van der Waals surface area (Å²) in [4.78, 5) is 4.91. The van der Waals surface area contributed by atoms with E-state index < -0.39 is 0 Å². The minimum atomic E-state index is 0.395. The molecule has 106 valence electrons. The van der Waals surface area contributed by atoms with Gasteiger partial charge in [0.15, 0.2) is 0 Å². The van der Waals surface area contributed by atoms with E-state index in [0.717, 1.165) is 19.6 Å². The number of benzene rings is 1. The van der Waals surface area contributed by atoms with Crippen LogP contribution in [0.15, 0.2) is 18.2 Å². The first kappa shape index (κ1) is 14.5. The van der Waals surface area contributed by atoms with E-state index in [9.17, 15) is 0 Å². The Hall–Kier alpha value is -0.900. The van der Waals surface area contributed by atoms with Gasteiger partial charge in [0.05, 0.1) is 0 Å². The van der Waals surface area contributed by atoms with E-state index in [1.165, 1.54) is 16.7 Å². The van der Waals surface area contributed by atoms with Crippen LogP contribution in [-0.4, -0.2) is 56.6 Å². The second-order valence-corrected chi connectivity index (χ2v) is 5.92. The summed E-state index contributed by atoms with van der Waals surface area (Å²) in [5, 5.41) is 3.52. The Bertz CT molecular complexity index is 430. The summed E-state index contributed by atoms with van der Waals surface area (Å²) in [6.07, 6.45) is 0. The summed E-state index contributed by atoms with van der Waals surface area (Å²) in [6, 6.07) is 7.77. The molecular formula is C16H27N3. The summed E-state index contributed by atoms with van der Waals surface area (Å²) in [5.41, 5.74) is 4.15. The largest absolute Gasteiger partial charge is 0.312 e. The highest BCUT2D eigenvalue weighted by atomic mass is 15.3. The monoisotopic (exact) mass is 261 g/mol. The Morgan fingerprint density at radius 3 is 2.53 bits per heavy atom. The number of likely N-dealkylation sites (N-methyl/N-ethyl adjacent to an activating group) is 3. The molecule has 0 radical (unpaired) electrons. The first-order valence-corrected chi connectivity index (χ1v) is 7.16. The number of nitrogens with zero attached hydrogens (tertiary/aromatic N) is 2. The molecule has 19 heavy (non-hydrogen) atoms. The molecule has 0 bridgehead atoms. The maximum Gasteiger partial charge on any atom is 0.0488 e. The minimum Gasteiger partial charge on any atom is -0.312 e. The van der Waals surface area contributed by atoms with Gasteiger partial charge in [-0.1, -0.05) is 18.2 Å². The molecular weight excluding hydrogens is 234 g/mol. The van der Waals surface area contributed by atoms with Crippen molar-refractivity contribution in [2.45, 2.75) is 25.9 Å². The Morgan fingerprint density at radius 2 is 1.89 bits per heavy atom. The van der Waals surface area contributed by atoms with Gasteiger partial charge in [0.1, 0.15) is 0 Å². The molecule has 2 rings (SSSR count). The van der Waals surface area contributed by atoms with E-state index in [2.05, 4.69) is 68.3 Å². The van der Waals surface area contributed by atoms with Crippen molar-refractivity contribution in [2.75, 3.05) is 40.8 Å². The van der Waals surface area contributed by atoms with Gasteiger partial charge in [-0.2, -0.15) is 0 Å². The third-order valence-corrected chi connectivity index (χ3v) is 4.49. The van der Waals surface area contributed by atoms with Gasteiger partial charge < -0.3 is 10.2 Å².